The highest BCUT2D eigenvalue weighted by Crippen LogP contribution is 2.22. The maximum atomic E-state index is 13.0. The maximum Gasteiger partial charge on any atom is 0.315 e. The fraction of sp³-hybridized carbons (Fsp3) is 0.600. The Morgan fingerprint density at radius 2 is 1.84 bits per heavy atom. The van der Waals surface area contributed by atoms with Crippen LogP contribution in [0.15, 0.2) is 18.6 Å². The van der Waals surface area contributed by atoms with Crippen LogP contribution < -0.4 is 16.4 Å². The average molecular weight is 431 g/mol. The van der Waals surface area contributed by atoms with E-state index in [0.717, 1.165) is 25.7 Å². The molecule has 0 radical (unpaired) electrons. The Balaban J connectivity index is 1.70. The fourth-order valence-electron chi connectivity index (χ4n) is 4.18. The Labute approximate surface area is 180 Å². The monoisotopic (exact) mass is 431 g/mol. The first-order chi connectivity index (χ1) is 14.8. The van der Waals surface area contributed by atoms with E-state index in [-0.39, 0.29) is 37.3 Å². The maximum absolute atomic E-state index is 13.0. The lowest BCUT2D eigenvalue weighted by atomic mass is 9.96. The number of carbonyl (C=O) groups excluding carboxylic acids is 4. The van der Waals surface area contributed by atoms with Gasteiger partial charge in [0.15, 0.2) is 0 Å². The van der Waals surface area contributed by atoms with Gasteiger partial charge in [-0.3, -0.25) is 19.4 Å². The molecule has 11 heteroatoms. The van der Waals surface area contributed by atoms with Crippen molar-refractivity contribution in [3.8, 4) is 0 Å². The molecule has 0 unspecified atom stereocenters. The number of amides is 5. The highest BCUT2D eigenvalue weighted by atomic mass is 16.2. The van der Waals surface area contributed by atoms with Crippen LogP contribution >= 0.6 is 0 Å². The molecule has 1 aliphatic carbocycles. The Morgan fingerprint density at radius 3 is 2.48 bits per heavy atom. The summed E-state index contributed by atoms with van der Waals surface area (Å²) in [5, 5.41) is 5.87. The third kappa shape index (κ3) is 5.89. The van der Waals surface area contributed by atoms with Gasteiger partial charge >= 0.3 is 6.03 Å². The molecule has 1 aromatic heterocycles. The summed E-state index contributed by atoms with van der Waals surface area (Å²) in [7, 11) is 1.45. The van der Waals surface area contributed by atoms with Crippen LogP contribution in [-0.2, 0) is 9.59 Å². The highest BCUT2D eigenvalue weighted by Gasteiger charge is 2.42. The topological polar surface area (TPSA) is 151 Å². The van der Waals surface area contributed by atoms with Gasteiger partial charge in [-0.25, -0.2) is 9.78 Å². The predicted molar refractivity (Wildman–Crippen MR) is 111 cm³/mol. The third-order valence-electron chi connectivity index (χ3n) is 5.67. The molecule has 2 heterocycles. The lowest BCUT2D eigenvalue weighted by Crippen LogP contribution is -2.48. The first-order valence-electron chi connectivity index (χ1n) is 10.5. The Kier molecular flexibility index (Phi) is 7.37. The Morgan fingerprint density at radius 1 is 1.13 bits per heavy atom. The van der Waals surface area contributed by atoms with Crippen molar-refractivity contribution < 1.29 is 19.2 Å². The predicted octanol–water partition coefficient (Wildman–Crippen LogP) is -0.365. The molecule has 4 N–H and O–H groups in total. The molecule has 0 spiro atoms. The van der Waals surface area contributed by atoms with E-state index in [1.54, 1.807) is 0 Å². The number of nitrogens with one attached hydrogen (secondary N) is 2. The zero-order chi connectivity index (χ0) is 22.4. The molecule has 2 atom stereocenters. The van der Waals surface area contributed by atoms with Crippen molar-refractivity contribution in [3.05, 3.63) is 24.3 Å². The van der Waals surface area contributed by atoms with E-state index in [9.17, 15) is 19.2 Å². The second-order valence-electron chi connectivity index (χ2n) is 8.11. The SMILES string of the molecule is CN(CC(N)=O)C(=O)[C@H]1C[C@H](NC(=O)NC2CCCCC2)CN1C(=O)c1cnccn1. The minimum Gasteiger partial charge on any atom is -0.368 e. The van der Waals surface area contributed by atoms with Crippen molar-refractivity contribution in [2.75, 3.05) is 20.1 Å². The van der Waals surface area contributed by atoms with E-state index in [1.165, 1.54) is 41.9 Å². The number of nitrogens with zero attached hydrogens (tertiary/aromatic N) is 4. The molecule has 168 valence electrons. The van der Waals surface area contributed by atoms with E-state index in [0.29, 0.717) is 0 Å². The smallest absolute Gasteiger partial charge is 0.315 e. The van der Waals surface area contributed by atoms with Gasteiger partial charge in [-0.2, -0.15) is 0 Å². The van der Waals surface area contributed by atoms with Crippen molar-refractivity contribution in [2.24, 2.45) is 5.73 Å². The summed E-state index contributed by atoms with van der Waals surface area (Å²) >= 11 is 0. The molecule has 1 aromatic rings. The molecule has 3 rings (SSSR count). The highest BCUT2D eigenvalue weighted by molar-refractivity contribution is 5.97. The molecule has 0 aromatic carbocycles. The molecule has 5 amide bonds. The van der Waals surface area contributed by atoms with Crippen molar-refractivity contribution in [3.63, 3.8) is 0 Å². The number of likely N-dealkylation sites (tertiary alicyclic amines) is 1. The number of likely N-dealkylation sites (N-methyl/N-ethyl adjacent to an activating group) is 1. The normalized spacial score (nSPS) is 21.4. The zero-order valence-electron chi connectivity index (χ0n) is 17.6. The number of primary amides is 1. The van der Waals surface area contributed by atoms with Crippen molar-refractivity contribution in [1.29, 1.82) is 0 Å². The van der Waals surface area contributed by atoms with Gasteiger partial charge in [0.25, 0.3) is 5.91 Å². The first kappa shape index (κ1) is 22.4. The number of carbonyl (C=O) groups is 4. The van der Waals surface area contributed by atoms with Gasteiger partial charge < -0.3 is 26.2 Å². The van der Waals surface area contributed by atoms with Crippen LogP contribution in [0.1, 0.15) is 49.0 Å². The standard InChI is InChI=1S/C20H29N7O4/c1-26(12-17(21)28)19(30)16-9-14(25-20(31)24-13-5-3-2-4-6-13)11-27(16)18(29)15-10-22-7-8-23-15/h7-8,10,13-14,16H,2-6,9,11-12H2,1H3,(H2,21,28)(H2,24,25,31)/t14-,16+/m0/s1. The summed E-state index contributed by atoms with van der Waals surface area (Å²) in [5.74, 6) is -1.54. The summed E-state index contributed by atoms with van der Waals surface area (Å²) in [5.41, 5.74) is 5.30. The third-order valence-corrected chi connectivity index (χ3v) is 5.67. The second-order valence-corrected chi connectivity index (χ2v) is 8.11. The lowest BCUT2D eigenvalue weighted by Gasteiger charge is -2.26. The van der Waals surface area contributed by atoms with Gasteiger partial charge in [0.05, 0.1) is 18.8 Å². The number of nitrogens with two attached hydrogens (primary N) is 1. The molecule has 0 bridgehead atoms. The van der Waals surface area contributed by atoms with E-state index in [1.807, 2.05) is 0 Å². The largest absolute Gasteiger partial charge is 0.368 e. The average Bonchev–Trinajstić information content (AvgIpc) is 3.16. The number of rotatable bonds is 6. The Hall–Kier alpha value is -3.24. The summed E-state index contributed by atoms with van der Waals surface area (Å²) in [6.45, 7) is -0.114. The summed E-state index contributed by atoms with van der Waals surface area (Å²) < 4.78 is 0. The minimum atomic E-state index is -0.848. The molecular weight excluding hydrogens is 402 g/mol. The first-order valence-corrected chi connectivity index (χ1v) is 10.5. The van der Waals surface area contributed by atoms with E-state index >= 15 is 0 Å². The summed E-state index contributed by atoms with van der Waals surface area (Å²) in [4.78, 5) is 60.1. The number of urea groups is 1. The van der Waals surface area contributed by atoms with Crippen molar-refractivity contribution >= 4 is 23.8 Å². The summed E-state index contributed by atoms with van der Waals surface area (Å²) in [6, 6.07) is -1.42. The fourth-order valence-corrected chi connectivity index (χ4v) is 4.18. The molecule has 1 saturated heterocycles. The molecular formula is C20H29N7O4. The van der Waals surface area contributed by atoms with Crippen LogP contribution in [0.2, 0.25) is 0 Å². The van der Waals surface area contributed by atoms with Crippen LogP contribution in [0.4, 0.5) is 4.79 Å². The number of hydrogen-bond acceptors (Lipinski definition) is 6. The van der Waals surface area contributed by atoms with Gasteiger partial charge in [0.2, 0.25) is 11.8 Å². The quantitative estimate of drug-likeness (QED) is 0.559. The van der Waals surface area contributed by atoms with Crippen LogP contribution in [0.3, 0.4) is 0 Å². The van der Waals surface area contributed by atoms with Crippen molar-refractivity contribution in [2.45, 2.75) is 56.7 Å². The Bertz CT molecular complexity index is 813. The van der Waals surface area contributed by atoms with Crippen LogP contribution in [0.25, 0.3) is 0 Å². The van der Waals surface area contributed by atoms with Crippen molar-refractivity contribution in [1.82, 2.24) is 30.4 Å². The molecule has 31 heavy (non-hydrogen) atoms. The van der Waals surface area contributed by atoms with Gasteiger partial charge in [-0.15, -0.1) is 0 Å². The molecule has 1 aliphatic heterocycles. The number of hydrogen-bond donors (Lipinski definition) is 3. The number of aromatic nitrogens is 2. The van der Waals surface area contributed by atoms with E-state index < -0.39 is 29.8 Å². The van der Waals surface area contributed by atoms with E-state index in [4.69, 9.17) is 5.73 Å². The van der Waals surface area contributed by atoms with Crippen LogP contribution in [-0.4, -0.2) is 81.8 Å². The van der Waals surface area contributed by atoms with Crippen LogP contribution in [0, 0.1) is 0 Å². The van der Waals surface area contributed by atoms with Gasteiger partial charge in [0.1, 0.15) is 11.7 Å². The lowest BCUT2D eigenvalue weighted by molar-refractivity contribution is -0.137. The molecule has 1 saturated carbocycles. The van der Waals surface area contributed by atoms with Gasteiger partial charge in [-0.1, -0.05) is 19.3 Å². The second kappa shape index (κ2) is 10.2. The van der Waals surface area contributed by atoms with Gasteiger partial charge in [0, 0.05) is 32.0 Å². The molecule has 2 aliphatic rings. The zero-order valence-corrected chi connectivity index (χ0v) is 17.6. The van der Waals surface area contributed by atoms with E-state index in [2.05, 4.69) is 20.6 Å². The summed E-state index contributed by atoms with van der Waals surface area (Å²) in [6.07, 6.45) is 9.68. The minimum absolute atomic E-state index is 0.102. The van der Waals surface area contributed by atoms with Crippen LogP contribution in [0.5, 0.6) is 0 Å². The van der Waals surface area contributed by atoms with Gasteiger partial charge in [-0.05, 0) is 19.3 Å². The molecule has 11 nitrogen and oxygen atoms in total. The molecule has 2 fully saturated rings.